The van der Waals surface area contributed by atoms with Crippen molar-refractivity contribution in [1.82, 2.24) is 29.6 Å². The van der Waals surface area contributed by atoms with Gasteiger partial charge in [0.1, 0.15) is 11.5 Å². The predicted molar refractivity (Wildman–Crippen MR) is 132 cm³/mol. The molecule has 9 nitrogen and oxygen atoms in total. The van der Waals surface area contributed by atoms with Crippen LogP contribution < -0.4 is 20.9 Å². The Morgan fingerprint density at radius 1 is 1.26 bits per heavy atom. The molecule has 2 N–H and O–H groups in total. The minimum absolute atomic E-state index is 0.0737. The van der Waals surface area contributed by atoms with Gasteiger partial charge < -0.3 is 15.4 Å². The van der Waals surface area contributed by atoms with E-state index >= 15 is 0 Å². The molecule has 3 aromatic heterocycles. The van der Waals surface area contributed by atoms with Crippen molar-refractivity contribution in [3.05, 3.63) is 77.2 Å². The lowest BCUT2D eigenvalue weighted by molar-refractivity contribution is 0.156. The molecule has 9 heteroatoms. The molecule has 1 aliphatic heterocycles. The minimum atomic E-state index is -2.24. The summed E-state index contributed by atoms with van der Waals surface area (Å²) in [5.74, 6) is 1.15. The Bertz CT molecular complexity index is 1490. The lowest BCUT2D eigenvalue weighted by Crippen LogP contribution is -2.34. The molecule has 1 aliphatic rings. The molecule has 1 saturated heterocycles. The summed E-state index contributed by atoms with van der Waals surface area (Å²) in [6, 6.07) is 11.8. The monoisotopic (exact) mass is 460 g/mol. The van der Waals surface area contributed by atoms with Crippen LogP contribution in [0.5, 0.6) is 5.88 Å². The summed E-state index contributed by atoms with van der Waals surface area (Å²) in [6.45, 7) is 3.57. The van der Waals surface area contributed by atoms with E-state index in [-0.39, 0.29) is 29.7 Å². The zero-order valence-corrected chi connectivity index (χ0v) is 18.6. The third-order valence-electron chi connectivity index (χ3n) is 5.60. The van der Waals surface area contributed by atoms with Crippen molar-refractivity contribution in [2.24, 2.45) is 0 Å². The topological polar surface area (TPSA) is 98.9 Å². The molecule has 0 bridgehead atoms. The maximum atomic E-state index is 13.2. The SMILES string of the molecule is [2H]C([2H])([2H])c1cccc(Nc2ncc3c(=O)n(CC=C)n(-c4cccc(OC5CCNCC5)n4)c3n2)c1. The van der Waals surface area contributed by atoms with Gasteiger partial charge in [-0.2, -0.15) is 9.97 Å². The molecule has 4 aromatic rings. The molecule has 1 fully saturated rings. The van der Waals surface area contributed by atoms with E-state index in [2.05, 4.69) is 32.2 Å². The van der Waals surface area contributed by atoms with Crippen LogP contribution in [0.3, 0.4) is 0 Å². The normalized spacial score (nSPS) is 15.9. The van der Waals surface area contributed by atoms with Crippen molar-refractivity contribution >= 4 is 22.7 Å². The molecule has 0 radical (unpaired) electrons. The van der Waals surface area contributed by atoms with Gasteiger partial charge in [-0.15, -0.1) is 6.58 Å². The van der Waals surface area contributed by atoms with E-state index in [1.807, 2.05) is 6.07 Å². The quantitative estimate of drug-likeness (QED) is 0.408. The molecular formula is C25H27N7O2. The molecule has 4 heterocycles. The van der Waals surface area contributed by atoms with Gasteiger partial charge in [0.2, 0.25) is 11.8 Å². The first-order chi connectivity index (χ1) is 17.8. The van der Waals surface area contributed by atoms with Crippen LogP contribution in [0.1, 0.15) is 22.5 Å². The number of rotatable bonds is 7. The standard InChI is InChI=1S/C25H27N7O2/c1-3-14-31-24(33)20-16-27-25(28-18-7-4-6-17(2)15-18)30-23(20)32(31)21-8-5-9-22(29-21)34-19-10-12-26-13-11-19/h3-9,15-16,19,26H,1,10-14H2,2H3,(H,27,28,30)/i2D3. The number of aromatic nitrogens is 5. The van der Waals surface area contributed by atoms with Crippen LogP contribution in [0, 0.1) is 6.85 Å². The second kappa shape index (κ2) is 9.48. The number of hydrogen-bond acceptors (Lipinski definition) is 7. The summed E-state index contributed by atoms with van der Waals surface area (Å²) in [4.78, 5) is 26.8. The number of nitrogens with zero attached hydrogens (tertiary/aromatic N) is 5. The van der Waals surface area contributed by atoms with Crippen LogP contribution in [-0.4, -0.2) is 43.5 Å². The van der Waals surface area contributed by atoms with Crippen molar-refractivity contribution in [1.29, 1.82) is 0 Å². The molecule has 174 valence electrons. The summed E-state index contributed by atoms with van der Waals surface area (Å²) in [5.41, 5.74) is 0.783. The Kier molecular flexibility index (Phi) is 5.14. The van der Waals surface area contributed by atoms with Gasteiger partial charge in [0, 0.05) is 22.1 Å². The summed E-state index contributed by atoms with van der Waals surface area (Å²) in [6.07, 6.45) is 4.94. The Labute approximate surface area is 201 Å². The van der Waals surface area contributed by atoms with E-state index in [0.717, 1.165) is 25.9 Å². The second-order valence-electron chi connectivity index (χ2n) is 8.03. The summed E-state index contributed by atoms with van der Waals surface area (Å²) < 4.78 is 32.2. The highest BCUT2D eigenvalue weighted by Crippen LogP contribution is 2.21. The average Bonchev–Trinajstić information content (AvgIpc) is 3.15. The number of fused-ring (bicyclic) bond motifs is 1. The minimum Gasteiger partial charge on any atom is -0.474 e. The lowest BCUT2D eigenvalue weighted by Gasteiger charge is -2.23. The van der Waals surface area contributed by atoms with Gasteiger partial charge in [-0.25, -0.2) is 14.3 Å². The van der Waals surface area contributed by atoms with Gasteiger partial charge in [-0.05, 0) is 56.5 Å². The first kappa shape index (κ1) is 18.4. The zero-order chi connectivity index (χ0) is 26.0. The molecule has 34 heavy (non-hydrogen) atoms. The van der Waals surface area contributed by atoms with E-state index in [0.29, 0.717) is 28.4 Å². The number of ether oxygens (including phenoxy) is 1. The summed E-state index contributed by atoms with van der Waals surface area (Å²) in [7, 11) is 0. The van der Waals surface area contributed by atoms with Crippen LogP contribution in [0.15, 0.2) is 66.1 Å². The van der Waals surface area contributed by atoms with Gasteiger partial charge in [-0.3, -0.25) is 4.79 Å². The van der Waals surface area contributed by atoms with Crippen molar-refractivity contribution in [2.45, 2.75) is 32.3 Å². The Morgan fingerprint density at radius 2 is 2.12 bits per heavy atom. The van der Waals surface area contributed by atoms with Crippen molar-refractivity contribution < 1.29 is 8.85 Å². The Hall–Kier alpha value is -3.98. The summed E-state index contributed by atoms with van der Waals surface area (Å²) >= 11 is 0. The highest BCUT2D eigenvalue weighted by Gasteiger charge is 2.19. The van der Waals surface area contributed by atoms with E-state index in [1.165, 1.54) is 16.9 Å². The highest BCUT2D eigenvalue weighted by molar-refractivity contribution is 5.77. The molecular weight excluding hydrogens is 430 g/mol. The lowest BCUT2D eigenvalue weighted by atomic mass is 10.1. The van der Waals surface area contributed by atoms with Gasteiger partial charge in [0.25, 0.3) is 5.56 Å². The van der Waals surface area contributed by atoms with Crippen molar-refractivity contribution in [3.8, 4) is 11.7 Å². The van der Waals surface area contributed by atoms with Crippen LogP contribution in [-0.2, 0) is 6.54 Å². The number of pyridine rings is 1. The fraction of sp³-hybridized carbons (Fsp3) is 0.280. The zero-order valence-electron chi connectivity index (χ0n) is 21.6. The maximum absolute atomic E-state index is 13.2. The van der Waals surface area contributed by atoms with Crippen LogP contribution in [0.4, 0.5) is 11.6 Å². The van der Waals surface area contributed by atoms with Crippen LogP contribution >= 0.6 is 0 Å². The van der Waals surface area contributed by atoms with E-state index in [4.69, 9.17) is 8.85 Å². The fourth-order valence-corrected chi connectivity index (χ4v) is 4.01. The number of aryl methyl sites for hydroxylation is 1. The van der Waals surface area contributed by atoms with Crippen molar-refractivity contribution in [3.63, 3.8) is 0 Å². The Balaban J connectivity index is 1.55. The Morgan fingerprint density at radius 3 is 2.94 bits per heavy atom. The highest BCUT2D eigenvalue weighted by atomic mass is 16.5. The number of benzene rings is 1. The van der Waals surface area contributed by atoms with Crippen molar-refractivity contribution in [2.75, 3.05) is 18.4 Å². The maximum Gasteiger partial charge on any atom is 0.278 e. The molecule has 0 aliphatic carbocycles. The smallest absolute Gasteiger partial charge is 0.278 e. The van der Waals surface area contributed by atoms with E-state index in [1.54, 1.807) is 41.1 Å². The van der Waals surface area contributed by atoms with Gasteiger partial charge in [-0.1, -0.05) is 24.3 Å². The number of hydrogen-bond donors (Lipinski definition) is 2. The molecule has 5 rings (SSSR count). The third kappa shape index (κ3) is 4.42. The molecule has 0 unspecified atom stereocenters. The fourth-order valence-electron chi connectivity index (χ4n) is 4.01. The second-order valence-corrected chi connectivity index (χ2v) is 8.03. The molecule has 0 saturated carbocycles. The molecule has 0 amide bonds. The number of anilines is 2. The average molecular weight is 461 g/mol. The van der Waals surface area contributed by atoms with Crippen LogP contribution in [0.2, 0.25) is 0 Å². The number of nitrogens with one attached hydrogen (secondary N) is 2. The first-order valence-electron chi connectivity index (χ1n) is 12.7. The first-order valence-corrected chi connectivity index (χ1v) is 11.2. The van der Waals surface area contributed by atoms with Gasteiger partial charge in [0.05, 0.1) is 6.54 Å². The summed E-state index contributed by atoms with van der Waals surface area (Å²) in [5, 5.41) is 6.68. The molecule has 1 aromatic carbocycles. The molecule has 0 spiro atoms. The van der Waals surface area contributed by atoms with Gasteiger partial charge in [0.15, 0.2) is 11.5 Å². The largest absolute Gasteiger partial charge is 0.474 e. The van der Waals surface area contributed by atoms with E-state index < -0.39 is 6.85 Å². The third-order valence-corrected chi connectivity index (χ3v) is 5.60. The van der Waals surface area contributed by atoms with Gasteiger partial charge >= 0.3 is 0 Å². The predicted octanol–water partition coefficient (Wildman–Crippen LogP) is 3.35. The number of allylic oxidation sites excluding steroid dienone is 1. The molecule has 0 atom stereocenters. The van der Waals surface area contributed by atoms with Crippen LogP contribution in [0.25, 0.3) is 16.9 Å². The number of piperidine rings is 1. The van der Waals surface area contributed by atoms with E-state index in [9.17, 15) is 4.79 Å².